The number of halogens is 1. The topological polar surface area (TPSA) is 48.3 Å². The van der Waals surface area contributed by atoms with Crippen LogP contribution in [0.4, 0.5) is 0 Å². The van der Waals surface area contributed by atoms with E-state index in [1.807, 2.05) is 11.6 Å². The van der Waals surface area contributed by atoms with Crippen molar-refractivity contribution >= 4 is 11.6 Å². The maximum Gasteiger partial charge on any atom is 0.0834 e. The van der Waals surface area contributed by atoms with E-state index >= 15 is 0 Å². The average Bonchev–Trinajstić information content (AvgIpc) is 2.76. The quantitative estimate of drug-likeness (QED) is 0.757. The fourth-order valence-corrected chi connectivity index (χ4v) is 2.31. The van der Waals surface area contributed by atoms with E-state index < -0.39 is 0 Å². The molecule has 2 unspecified atom stereocenters. The maximum absolute atomic E-state index is 6.28. The van der Waals surface area contributed by atoms with Gasteiger partial charge in [0.05, 0.1) is 42.2 Å². The van der Waals surface area contributed by atoms with Crippen molar-refractivity contribution in [2.24, 2.45) is 0 Å². The second kappa shape index (κ2) is 8.53. The third-order valence-corrected chi connectivity index (χ3v) is 3.38. The zero-order valence-electron chi connectivity index (χ0n) is 12.1. The molecule has 0 aliphatic carbocycles. The molecule has 0 amide bonds. The summed E-state index contributed by atoms with van der Waals surface area (Å²) in [7, 11) is 3.40. The summed E-state index contributed by atoms with van der Waals surface area (Å²) in [5, 5.41) is 8.44. The first-order chi connectivity index (χ1) is 9.13. The van der Waals surface area contributed by atoms with Crippen molar-refractivity contribution in [3.63, 3.8) is 0 Å². The Morgan fingerprint density at radius 2 is 2.21 bits per heavy atom. The fourth-order valence-electron chi connectivity index (χ4n) is 2.04. The van der Waals surface area contributed by atoms with Crippen molar-refractivity contribution in [1.29, 1.82) is 0 Å². The molecular weight excluding hydrogens is 266 g/mol. The highest BCUT2D eigenvalue weighted by molar-refractivity contribution is 6.31. The van der Waals surface area contributed by atoms with Gasteiger partial charge in [0.25, 0.3) is 0 Å². The Morgan fingerprint density at radius 3 is 2.79 bits per heavy atom. The largest absolute Gasteiger partial charge is 0.383 e. The van der Waals surface area contributed by atoms with Crippen LogP contribution in [0, 0.1) is 0 Å². The molecule has 0 aliphatic rings. The van der Waals surface area contributed by atoms with Crippen molar-refractivity contribution < 1.29 is 9.47 Å². The highest BCUT2D eigenvalue weighted by Crippen LogP contribution is 2.26. The zero-order chi connectivity index (χ0) is 14.3. The Bertz CT molecular complexity index is 371. The van der Waals surface area contributed by atoms with Crippen molar-refractivity contribution in [2.75, 3.05) is 27.4 Å². The first-order valence-corrected chi connectivity index (χ1v) is 6.98. The molecule has 0 spiro atoms. The molecule has 1 heterocycles. The summed E-state index contributed by atoms with van der Waals surface area (Å²) in [5.41, 5.74) is 1.00. The van der Waals surface area contributed by atoms with Gasteiger partial charge in [0.15, 0.2) is 0 Å². The summed E-state index contributed by atoms with van der Waals surface area (Å²) in [4.78, 5) is 0. The molecule has 0 saturated carbocycles. The molecule has 1 aromatic rings. The van der Waals surface area contributed by atoms with E-state index in [1.54, 1.807) is 20.4 Å². The molecule has 0 saturated heterocycles. The summed E-state index contributed by atoms with van der Waals surface area (Å²) in [6.45, 7) is 6.31. The van der Waals surface area contributed by atoms with Gasteiger partial charge in [-0.15, -0.1) is 0 Å². The summed E-state index contributed by atoms with van der Waals surface area (Å²) in [6.07, 6.45) is 2.70. The zero-order valence-corrected chi connectivity index (χ0v) is 12.9. The normalized spacial score (nSPS) is 14.6. The third kappa shape index (κ3) is 4.76. The Kier molecular flexibility index (Phi) is 7.38. The van der Waals surface area contributed by atoms with Crippen molar-refractivity contribution in [3.05, 3.63) is 16.9 Å². The monoisotopic (exact) mass is 289 g/mol. The van der Waals surface area contributed by atoms with Gasteiger partial charge >= 0.3 is 0 Å². The van der Waals surface area contributed by atoms with Crippen LogP contribution in [0.2, 0.25) is 5.02 Å². The van der Waals surface area contributed by atoms with Gasteiger partial charge in [-0.2, -0.15) is 5.10 Å². The lowest BCUT2D eigenvalue weighted by atomic mass is 10.1. The van der Waals surface area contributed by atoms with E-state index in [0.29, 0.717) is 18.2 Å². The number of hydrogen-bond donors (Lipinski definition) is 1. The predicted molar refractivity (Wildman–Crippen MR) is 76.6 cm³/mol. The lowest BCUT2D eigenvalue weighted by Gasteiger charge is -2.22. The van der Waals surface area contributed by atoms with E-state index in [9.17, 15) is 0 Å². The van der Waals surface area contributed by atoms with Gasteiger partial charge in [-0.25, -0.2) is 0 Å². The van der Waals surface area contributed by atoms with E-state index in [2.05, 4.69) is 17.3 Å². The molecule has 1 N–H and O–H groups in total. The minimum atomic E-state index is 0.131. The molecule has 19 heavy (non-hydrogen) atoms. The van der Waals surface area contributed by atoms with E-state index in [0.717, 1.165) is 18.7 Å². The number of methoxy groups -OCH3 is 2. The van der Waals surface area contributed by atoms with Crippen LogP contribution in [0.25, 0.3) is 0 Å². The van der Waals surface area contributed by atoms with Gasteiger partial charge in [-0.3, -0.25) is 4.68 Å². The number of hydrogen-bond acceptors (Lipinski definition) is 4. The second-order valence-electron chi connectivity index (χ2n) is 4.49. The van der Waals surface area contributed by atoms with Gasteiger partial charge in [0.2, 0.25) is 0 Å². The smallest absolute Gasteiger partial charge is 0.0834 e. The number of aromatic nitrogens is 2. The Morgan fingerprint density at radius 1 is 1.47 bits per heavy atom. The molecule has 0 radical (unpaired) electrons. The first-order valence-electron chi connectivity index (χ1n) is 6.60. The minimum Gasteiger partial charge on any atom is -0.383 e. The van der Waals surface area contributed by atoms with Gasteiger partial charge in [-0.1, -0.05) is 18.5 Å². The lowest BCUT2D eigenvalue weighted by molar-refractivity contribution is 0.0991. The van der Waals surface area contributed by atoms with E-state index in [4.69, 9.17) is 21.1 Å². The van der Waals surface area contributed by atoms with Crippen molar-refractivity contribution in [1.82, 2.24) is 15.1 Å². The van der Waals surface area contributed by atoms with E-state index in [-0.39, 0.29) is 12.1 Å². The summed E-state index contributed by atoms with van der Waals surface area (Å²) >= 11 is 6.28. The highest BCUT2D eigenvalue weighted by Gasteiger charge is 2.21. The molecule has 5 nitrogen and oxygen atoms in total. The van der Waals surface area contributed by atoms with Crippen LogP contribution < -0.4 is 5.32 Å². The van der Waals surface area contributed by atoms with Gasteiger partial charge in [0, 0.05) is 14.2 Å². The Labute approximate surface area is 120 Å². The van der Waals surface area contributed by atoms with Crippen LogP contribution >= 0.6 is 11.6 Å². The molecule has 2 atom stereocenters. The number of nitrogens with zero attached hydrogens (tertiary/aromatic N) is 2. The van der Waals surface area contributed by atoms with Crippen molar-refractivity contribution in [3.8, 4) is 0 Å². The molecule has 0 aliphatic heterocycles. The van der Waals surface area contributed by atoms with Crippen LogP contribution in [-0.2, 0) is 16.0 Å². The molecule has 1 rings (SSSR count). The molecular formula is C13H24ClN3O2. The lowest BCUT2D eigenvalue weighted by Crippen LogP contribution is -2.28. The number of rotatable bonds is 9. The van der Waals surface area contributed by atoms with Gasteiger partial charge in [0.1, 0.15) is 0 Å². The number of nitrogens with one attached hydrogen (secondary N) is 1. The first kappa shape index (κ1) is 16.4. The Balaban J connectivity index is 2.89. The summed E-state index contributed by atoms with van der Waals surface area (Å²) < 4.78 is 12.4. The molecule has 1 aromatic heterocycles. The minimum absolute atomic E-state index is 0.131. The second-order valence-corrected chi connectivity index (χ2v) is 4.89. The average molecular weight is 290 g/mol. The molecule has 0 bridgehead atoms. The molecule has 0 aromatic carbocycles. The van der Waals surface area contributed by atoms with Crippen LogP contribution in [0.1, 0.15) is 32.0 Å². The standard InChI is InChI=1S/C13H24ClN3O2/c1-5-15-12(8-10(2)19-4)13-11(14)9-16-17(13)6-7-18-3/h9-10,12,15H,5-8H2,1-4H3. The maximum atomic E-state index is 6.28. The highest BCUT2D eigenvalue weighted by atomic mass is 35.5. The van der Waals surface area contributed by atoms with Crippen LogP contribution in [-0.4, -0.2) is 43.3 Å². The summed E-state index contributed by atoms with van der Waals surface area (Å²) in [5.74, 6) is 0. The fraction of sp³-hybridized carbons (Fsp3) is 0.769. The molecule has 6 heteroatoms. The SMILES string of the molecule is CCNC(CC(C)OC)c1c(Cl)cnn1CCOC. The van der Waals surface area contributed by atoms with Gasteiger partial charge in [-0.05, 0) is 19.9 Å². The van der Waals surface area contributed by atoms with Crippen LogP contribution in [0.3, 0.4) is 0 Å². The molecule has 0 fully saturated rings. The summed E-state index contributed by atoms with van der Waals surface area (Å²) in [6, 6.07) is 0.131. The van der Waals surface area contributed by atoms with Crippen molar-refractivity contribution in [2.45, 2.75) is 39.0 Å². The third-order valence-electron chi connectivity index (χ3n) is 3.09. The van der Waals surface area contributed by atoms with E-state index in [1.165, 1.54) is 0 Å². The Hall–Kier alpha value is -0.620. The van der Waals surface area contributed by atoms with Crippen LogP contribution in [0.5, 0.6) is 0 Å². The predicted octanol–water partition coefficient (Wildman–Crippen LogP) is 2.26. The van der Waals surface area contributed by atoms with Crippen LogP contribution in [0.15, 0.2) is 6.20 Å². The van der Waals surface area contributed by atoms with Gasteiger partial charge < -0.3 is 14.8 Å². The molecule has 110 valence electrons. The number of ether oxygens (including phenoxy) is 2.